The fraction of sp³-hybridized carbons (Fsp3) is 0.583. The van der Waals surface area contributed by atoms with Gasteiger partial charge in [-0.3, -0.25) is 9.59 Å². The number of nitrogens with zero attached hydrogens (tertiary/aromatic N) is 1. The zero-order valence-corrected chi connectivity index (χ0v) is 11.6. The van der Waals surface area contributed by atoms with Crippen LogP contribution in [0, 0.1) is 5.92 Å². The van der Waals surface area contributed by atoms with Crippen molar-refractivity contribution in [1.82, 2.24) is 9.97 Å². The molecule has 1 rings (SSSR count). The van der Waals surface area contributed by atoms with Crippen molar-refractivity contribution < 1.29 is 9.90 Å². The lowest BCUT2D eigenvalue weighted by Gasteiger charge is -2.14. The highest BCUT2D eigenvalue weighted by Crippen LogP contribution is 2.25. The van der Waals surface area contributed by atoms with Gasteiger partial charge in [-0.2, -0.15) is 0 Å². The van der Waals surface area contributed by atoms with Gasteiger partial charge in [0.25, 0.3) is 5.56 Å². The fourth-order valence-electron chi connectivity index (χ4n) is 1.52. The quantitative estimate of drug-likeness (QED) is 0.609. The number of H-pyrrole nitrogens is 1. The summed E-state index contributed by atoms with van der Waals surface area (Å²) in [5, 5.41) is 8.88. The Hall–Kier alpha value is -1.30. The molecule has 0 radical (unpaired) electrons. The summed E-state index contributed by atoms with van der Waals surface area (Å²) >= 11 is 1.09. The molecular weight excluding hydrogens is 252 g/mol. The third-order valence-electron chi connectivity index (χ3n) is 2.37. The smallest absolute Gasteiger partial charge is 0.317 e. The molecule has 5 nitrogen and oxygen atoms in total. The minimum absolute atomic E-state index is 0.0346. The Morgan fingerprint density at radius 3 is 2.72 bits per heavy atom. The van der Waals surface area contributed by atoms with E-state index in [-0.39, 0.29) is 11.5 Å². The van der Waals surface area contributed by atoms with Gasteiger partial charge in [0.15, 0.2) is 5.16 Å². The summed E-state index contributed by atoms with van der Waals surface area (Å²) in [5.74, 6) is -0.925. The lowest BCUT2D eigenvalue weighted by atomic mass is 10.1. The van der Waals surface area contributed by atoms with Gasteiger partial charge in [0.05, 0.1) is 0 Å². The van der Waals surface area contributed by atoms with Crippen LogP contribution in [0.1, 0.15) is 32.9 Å². The molecule has 100 valence electrons. The zero-order chi connectivity index (χ0) is 13.7. The van der Waals surface area contributed by atoms with Crippen LogP contribution in [0.3, 0.4) is 0 Å². The molecule has 0 fully saturated rings. The van der Waals surface area contributed by atoms with Crippen molar-refractivity contribution in [1.29, 1.82) is 0 Å². The maximum atomic E-state index is 11.5. The van der Waals surface area contributed by atoms with Gasteiger partial charge in [-0.15, -0.1) is 0 Å². The molecule has 18 heavy (non-hydrogen) atoms. The number of thioether (sulfide) groups is 1. The molecule has 0 aromatic carbocycles. The zero-order valence-electron chi connectivity index (χ0n) is 10.8. The van der Waals surface area contributed by atoms with Gasteiger partial charge in [-0.1, -0.05) is 39.0 Å². The molecule has 0 saturated carbocycles. The number of hydrogen-bond acceptors (Lipinski definition) is 4. The highest BCUT2D eigenvalue weighted by atomic mass is 32.2. The number of nitrogens with one attached hydrogen (secondary N) is 1. The Morgan fingerprint density at radius 2 is 2.22 bits per heavy atom. The number of aliphatic carboxylic acids is 1. The first-order valence-electron chi connectivity index (χ1n) is 5.93. The molecule has 0 amide bonds. The standard InChI is InChI=1S/C12H18N2O3S/c1-4-5-8-6-9(15)14-12(13-8)18-10(7(2)3)11(16)17/h6-7,10H,4-5H2,1-3H3,(H,16,17)(H,13,14,15). The number of rotatable bonds is 6. The van der Waals surface area contributed by atoms with E-state index < -0.39 is 11.2 Å². The summed E-state index contributed by atoms with van der Waals surface area (Å²) in [5.41, 5.74) is 0.473. The minimum atomic E-state index is -0.890. The molecule has 0 aliphatic carbocycles. The first-order valence-corrected chi connectivity index (χ1v) is 6.81. The van der Waals surface area contributed by atoms with E-state index in [9.17, 15) is 9.59 Å². The Bertz CT molecular complexity index is 471. The van der Waals surface area contributed by atoms with E-state index in [1.54, 1.807) is 0 Å². The fourth-order valence-corrected chi connectivity index (χ4v) is 2.46. The first kappa shape index (κ1) is 14.8. The molecule has 2 N–H and O–H groups in total. The second-order valence-electron chi connectivity index (χ2n) is 4.41. The number of carbonyl (C=O) groups is 1. The van der Waals surface area contributed by atoms with Crippen LogP contribution in [0.4, 0.5) is 0 Å². The van der Waals surface area contributed by atoms with Gasteiger partial charge < -0.3 is 10.1 Å². The maximum Gasteiger partial charge on any atom is 0.317 e. The van der Waals surface area contributed by atoms with Crippen molar-refractivity contribution >= 4 is 17.7 Å². The summed E-state index contributed by atoms with van der Waals surface area (Å²) in [7, 11) is 0. The van der Waals surface area contributed by atoms with Crippen molar-refractivity contribution in [2.75, 3.05) is 0 Å². The largest absolute Gasteiger partial charge is 0.480 e. The van der Waals surface area contributed by atoms with E-state index in [1.807, 2.05) is 20.8 Å². The summed E-state index contributed by atoms with van der Waals surface area (Å²) < 4.78 is 0. The molecule has 1 atom stereocenters. The summed E-state index contributed by atoms with van der Waals surface area (Å²) in [6.45, 7) is 5.67. The molecular formula is C12H18N2O3S. The van der Waals surface area contributed by atoms with Gasteiger partial charge in [0.1, 0.15) is 5.25 Å². The number of carboxylic acid groups (broad SMARTS) is 1. The first-order chi connectivity index (χ1) is 8.43. The molecule has 0 aliphatic rings. The van der Waals surface area contributed by atoms with Gasteiger partial charge in [-0.25, -0.2) is 4.98 Å². The molecule has 1 aromatic rings. The third kappa shape index (κ3) is 4.18. The van der Waals surface area contributed by atoms with Crippen molar-refractivity contribution in [3.63, 3.8) is 0 Å². The van der Waals surface area contributed by atoms with Crippen LogP contribution in [-0.2, 0) is 11.2 Å². The van der Waals surface area contributed by atoms with Crippen LogP contribution in [-0.4, -0.2) is 26.3 Å². The molecule has 0 bridgehead atoms. The van der Waals surface area contributed by atoms with Gasteiger partial charge in [0, 0.05) is 11.8 Å². The molecule has 0 aliphatic heterocycles. The lowest BCUT2D eigenvalue weighted by molar-refractivity contribution is -0.137. The molecule has 1 aromatic heterocycles. The topological polar surface area (TPSA) is 83.0 Å². The molecule has 0 spiro atoms. The summed E-state index contributed by atoms with van der Waals surface area (Å²) in [4.78, 5) is 29.4. The SMILES string of the molecule is CCCc1cc(=O)[nH]c(SC(C(=O)O)C(C)C)n1. The Labute approximate surface area is 110 Å². The number of hydrogen-bond donors (Lipinski definition) is 2. The Balaban J connectivity index is 2.95. The van der Waals surface area contributed by atoms with Crippen LogP contribution in [0.5, 0.6) is 0 Å². The van der Waals surface area contributed by atoms with Crippen LogP contribution >= 0.6 is 11.8 Å². The van der Waals surface area contributed by atoms with Crippen LogP contribution in [0.2, 0.25) is 0 Å². The van der Waals surface area contributed by atoms with Crippen LogP contribution < -0.4 is 5.56 Å². The van der Waals surface area contributed by atoms with Crippen LogP contribution in [0.15, 0.2) is 16.0 Å². The molecule has 6 heteroatoms. The maximum absolute atomic E-state index is 11.5. The highest BCUT2D eigenvalue weighted by molar-refractivity contribution is 8.00. The minimum Gasteiger partial charge on any atom is -0.480 e. The second-order valence-corrected chi connectivity index (χ2v) is 5.54. The van der Waals surface area contributed by atoms with E-state index in [0.29, 0.717) is 10.9 Å². The molecule has 0 saturated heterocycles. The highest BCUT2D eigenvalue weighted by Gasteiger charge is 2.23. The number of aryl methyl sites for hydroxylation is 1. The van der Waals surface area contributed by atoms with E-state index in [2.05, 4.69) is 9.97 Å². The average molecular weight is 270 g/mol. The van der Waals surface area contributed by atoms with Crippen molar-refractivity contribution in [2.24, 2.45) is 5.92 Å². The number of aromatic nitrogens is 2. The predicted octanol–water partition coefficient (Wildman–Crippen LogP) is 1.92. The van der Waals surface area contributed by atoms with Crippen molar-refractivity contribution in [2.45, 2.75) is 44.0 Å². The van der Waals surface area contributed by atoms with E-state index in [0.717, 1.165) is 24.6 Å². The van der Waals surface area contributed by atoms with Gasteiger partial charge in [0.2, 0.25) is 0 Å². The van der Waals surface area contributed by atoms with Crippen molar-refractivity contribution in [3.8, 4) is 0 Å². The monoisotopic (exact) mass is 270 g/mol. The number of carboxylic acids is 1. The summed E-state index contributed by atoms with van der Waals surface area (Å²) in [6, 6.07) is 1.46. The van der Waals surface area contributed by atoms with Crippen molar-refractivity contribution in [3.05, 3.63) is 22.1 Å². The average Bonchev–Trinajstić information content (AvgIpc) is 2.24. The molecule has 1 unspecified atom stereocenters. The summed E-state index contributed by atoms with van der Waals surface area (Å²) in [6.07, 6.45) is 1.62. The second kappa shape index (κ2) is 6.58. The van der Waals surface area contributed by atoms with Crippen LogP contribution in [0.25, 0.3) is 0 Å². The van der Waals surface area contributed by atoms with E-state index >= 15 is 0 Å². The molecule has 1 heterocycles. The number of aromatic amines is 1. The van der Waals surface area contributed by atoms with E-state index in [4.69, 9.17) is 5.11 Å². The van der Waals surface area contributed by atoms with Gasteiger partial charge >= 0.3 is 5.97 Å². The Kier molecular flexibility index (Phi) is 5.40. The predicted molar refractivity (Wildman–Crippen MR) is 71.0 cm³/mol. The van der Waals surface area contributed by atoms with E-state index in [1.165, 1.54) is 6.07 Å². The lowest BCUT2D eigenvalue weighted by Crippen LogP contribution is -2.23. The normalized spacial score (nSPS) is 12.7. The van der Waals surface area contributed by atoms with Gasteiger partial charge in [-0.05, 0) is 12.3 Å². The Morgan fingerprint density at radius 1 is 1.56 bits per heavy atom. The third-order valence-corrected chi connectivity index (χ3v) is 3.78.